The summed E-state index contributed by atoms with van der Waals surface area (Å²) in [5.41, 5.74) is 3.05. The van der Waals surface area contributed by atoms with Gasteiger partial charge in [-0.15, -0.1) is 0 Å². The van der Waals surface area contributed by atoms with Crippen molar-refractivity contribution in [3.05, 3.63) is 29.3 Å². The van der Waals surface area contributed by atoms with Crippen LogP contribution in [0.3, 0.4) is 0 Å². The fourth-order valence-electron chi connectivity index (χ4n) is 3.41. The van der Waals surface area contributed by atoms with E-state index in [-0.39, 0.29) is 5.91 Å². The van der Waals surface area contributed by atoms with Crippen LogP contribution >= 0.6 is 0 Å². The van der Waals surface area contributed by atoms with Crippen molar-refractivity contribution < 1.29 is 4.79 Å². The second-order valence-electron chi connectivity index (χ2n) is 6.31. The van der Waals surface area contributed by atoms with Gasteiger partial charge in [0.2, 0.25) is 0 Å². The Hall–Kier alpha value is -1.51. The molecule has 116 valence electrons. The molecule has 2 atom stereocenters. The minimum atomic E-state index is 0.153. The lowest BCUT2D eigenvalue weighted by Crippen LogP contribution is -2.42. The van der Waals surface area contributed by atoms with Crippen LogP contribution in [0.4, 0.5) is 5.69 Å². The molecule has 1 aromatic carbocycles. The Morgan fingerprint density at radius 3 is 2.67 bits per heavy atom. The molecule has 1 amide bonds. The average molecular weight is 288 g/mol. The van der Waals surface area contributed by atoms with Crippen LogP contribution in [-0.4, -0.2) is 30.4 Å². The van der Waals surface area contributed by atoms with Crippen molar-refractivity contribution in [3.8, 4) is 0 Å². The van der Waals surface area contributed by atoms with Crippen LogP contribution in [-0.2, 0) is 0 Å². The zero-order chi connectivity index (χ0) is 15.4. The molecule has 0 radical (unpaired) electrons. The summed E-state index contributed by atoms with van der Waals surface area (Å²) in [6.07, 6.45) is 4.92. The Morgan fingerprint density at radius 1 is 1.33 bits per heavy atom. The summed E-state index contributed by atoms with van der Waals surface area (Å²) in [7, 11) is 1.96. The van der Waals surface area contributed by atoms with Crippen LogP contribution in [0, 0.1) is 12.8 Å². The third-order valence-corrected chi connectivity index (χ3v) is 4.72. The van der Waals surface area contributed by atoms with E-state index in [0.717, 1.165) is 29.8 Å². The van der Waals surface area contributed by atoms with E-state index in [0.29, 0.717) is 12.0 Å². The highest BCUT2D eigenvalue weighted by Crippen LogP contribution is 2.28. The molecule has 1 aliphatic carbocycles. The van der Waals surface area contributed by atoms with E-state index in [1.165, 1.54) is 19.3 Å². The summed E-state index contributed by atoms with van der Waals surface area (Å²) >= 11 is 0. The topological polar surface area (TPSA) is 32.3 Å². The first-order chi connectivity index (χ1) is 10.0. The minimum absolute atomic E-state index is 0.153. The number of benzene rings is 1. The molecule has 1 saturated carbocycles. The maximum atomic E-state index is 12.7. The van der Waals surface area contributed by atoms with E-state index in [9.17, 15) is 4.79 Å². The normalized spacial score (nSPS) is 21.9. The van der Waals surface area contributed by atoms with Gasteiger partial charge in [0, 0.05) is 30.9 Å². The minimum Gasteiger partial charge on any atom is -0.385 e. The molecule has 0 bridgehead atoms. The summed E-state index contributed by atoms with van der Waals surface area (Å²) in [6, 6.07) is 6.35. The Bertz CT molecular complexity index is 498. The zero-order valence-electron chi connectivity index (χ0n) is 13.8. The van der Waals surface area contributed by atoms with Crippen molar-refractivity contribution in [1.29, 1.82) is 0 Å². The predicted molar refractivity (Wildman–Crippen MR) is 88.9 cm³/mol. The highest BCUT2D eigenvalue weighted by atomic mass is 16.2. The maximum Gasteiger partial charge on any atom is 0.253 e. The molecule has 2 rings (SSSR count). The Balaban J connectivity index is 2.13. The van der Waals surface area contributed by atoms with Crippen molar-refractivity contribution in [1.82, 2.24) is 4.90 Å². The van der Waals surface area contributed by atoms with Gasteiger partial charge in [-0.25, -0.2) is 0 Å². The summed E-state index contributed by atoms with van der Waals surface area (Å²) in [4.78, 5) is 14.7. The quantitative estimate of drug-likeness (QED) is 0.905. The third-order valence-electron chi connectivity index (χ3n) is 4.72. The first-order valence-electron chi connectivity index (χ1n) is 8.16. The van der Waals surface area contributed by atoms with Gasteiger partial charge in [-0.05, 0) is 56.4 Å². The van der Waals surface area contributed by atoms with Gasteiger partial charge in [-0.2, -0.15) is 0 Å². The molecular formula is C18H28N2O. The van der Waals surface area contributed by atoms with E-state index >= 15 is 0 Å². The number of amides is 1. The number of hydrogen-bond donors (Lipinski definition) is 1. The van der Waals surface area contributed by atoms with Crippen LogP contribution in [0.25, 0.3) is 0 Å². The fraction of sp³-hybridized carbons (Fsp3) is 0.611. The molecule has 3 heteroatoms. The number of rotatable bonds is 4. The van der Waals surface area contributed by atoms with E-state index in [2.05, 4.69) is 26.1 Å². The van der Waals surface area contributed by atoms with Gasteiger partial charge in [0.1, 0.15) is 0 Å². The lowest BCUT2D eigenvalue weighted by Gasteiger charge is -2.36. The van der Waals surface area contributed by atoms with Gasteiger partial charge in [0.15, 0.2) is 0 Å². The van der Waals surface area contributed by atoms with Gasteiger partial charge in [-0.3, -0.25) is 4.79 Å². The van der Waals surface area contributed by atoms with Gasteiger partial charge in [0.25, 0.3) is 5.91 Å². The Kier molecular flexibility index (Phi) is 5.27. The summed E-state index contributed by atoms with van der Waals surface area (Å²) in [6.45, 7) is 7.30. The van der Waals surface area contributed by atoms with E-state index < -0.39 is 0 Å². The van der Waals surface area contributed by atoms with Crippen LogP contribution in [0.2, 0.25) is 0 Å². The molecular weight excluding hydrogens is 260 g/mol. The molecule has 2 unspecified atom stereocenters. The number of nitrogens with one attached hydrogen (secondary N) is 1. The highest BCUT2D eigenvalue weighted by Gasteiger charge is 2.28. The number of nitrogens with zero attached hydrogens (tertiary/aromatic N) is 1. The molecule has 1 aliphatic rings. The monoisotopic (exact) mass is 288 g/mol. The molecule has 1 N–H and O–H groups in total. The summed E-state index contributed by atoms with van der Waals surface area (Å²) in [5, 5.41) is 3.32. The van der Waals surface area contributed by atoms with E-state index in [4.69, 9.17) is 0 Å². The molecule has 0 aromatic heterocycles. The van der Waals surface area contributed by atoms with Crippen molar-refractivity contribution in [2.45, 2.75) is 52.5 Å². The lowest BCUT2D eigenvalue weighted by molar-refractivity contribution is 0.0629. The fourth-order valence-corrected chi connectivity index (χ4v) is 3.41. The van der Waals surface area contributed by atoms with Crippen molar-refractivity contribution in [2.75, 3.05) is 18.9 Å². The number of aryl methyl sites for hydroxylation is 1. The van der Waals surface area contributed by atoms with E-state index in [1.54, 1.807) is 0 Å². The van der Waals surface area contributed by atoms with Gasteiger partial charge >= 0.3 is 0 Å². The first kappa shape index (κ1) is 15.9. The SMILES string of the molecule is CCNc1ccc(C(=O)N(C)C2CCCCC2C)cc1C. The van der Waals surface area contributed by atoms with Crippen molar-refractivity contribution >= 4 is 11.6 Å². The van der Waals surface area contributed by atoms with Crippen molar-refractivity contribution in [2.24, 2.45) is 5.92 Å². The second kappa shape index (κ2) is 6.97. The number of carbonyl (C=O) groups is 1. The largest absolute Gasteiger partial charge is 0.385 e. The third kappa shape index (κ3) is 3.58. The molecule has 3 nitrogen and oxygen atoms in total. The Labute approximate surface area is 128 Å². The molecule has 0 aliphatic heterocycles. The first-order valence-corrected chi connectivity index (χ1v) is 8.16. The highest BCUT2D eigenvalue weighted by molar-refractivity contribution is 5.95. The van der Waals surface area contributed by atoms with Gasteiger partial charge in [0.05, 0.1) is 0 Å². The van der Waals surface area contributed by atoms with Crippen LogP contribution in [0.5, 0.6) is 0 Å². The van der Waals surface area contributed by atoms with Gasteiger partial charge in [-0.1, -0.05) is 19.8 Å². The molecule has 0 saturated heterocycles. The number of hydrogen-bond acceptors (Lipinski definition) is 2. The van der Waals surface area contributed by atoms with Crippen molar-refractivity contribution in [3.63, 3.8) is 0 Å². The standard InChI is InChI=1S/C18H28N2O/c1-5-19-16-11-10-15(12-14(16)3)18(21)20(4)17-9-7-6-8-13(17)2/h10-13,17,19H,5-9H2,1-4H3. The van der Waals surface area contributed by atoms with Crippen LogP contribution in [0.1, 0.15) is 55.5 Å². The molecule has 1 fully saturated rings. The Morgan fingerprint density at radius 2 is 2.05 bits per heavy atom. The van der Waals surface area contributed by atoms with Crippen LogP contribution < -0.4 is 5.32 Å². The predicted octanol–water partition coefficient (Wildman–Crippen LogP) is 4.08. The lowest BCUT2D eigenvalue weighted by atomic mass is 9.85. The number of carbonyl (C=O) groups excluding carboxylic acids is 1. The maximum absolute atomic E-state index is 12.7. The van der Waals surface area contributed by atoms with E-state index in [1.807, 2.05) is 30.1 Å². The molecule has 0 spiro atoms. The second-order valence-corrected chi connectivity index (χ2v) is 6.31. The summed E-state index contributed by atoms with van der Waals surface area (Å²) in [5.74, 6) is 0.759. The molecule has 1 aromatic rings. The average Bonchev–Trinajstić information content (AvgIpc) is 2.48. The zero-order valence-corrected chi connectivity index (χ0v) is 13.8. The molecule has 21 heavy (non-hydrogen) atoms. The smallest absolute Gasteiger partial charge is 0.253 e. The summed E-state index contributed by atoms with van der Waals surface area (Å²) < 4.78 is 0. The van der Waals surface area contributed by atoms with Crippen LogP contribution in [0.15, 0.2) is 18.2 Å². The number of anilines is 1. The van der Waals surface area contributed by atoms with Gasteiger partial charge < -0.3 is 10.2 Å². The molecule has 0 heterocycles.